The Morgan fingerprint density at radius 2 is 2.20 bits per heavy atom. The second-order valence-corrected chi connectivity index (χ2v) is 9.55. The van der Waals surface area contributed by atoms with Gasteiger partial charge in [-0.15, -0.1) is 28.7 Å². The highest BCUT2D eigenvalue weighted by atomic mass is 35.7. The van der Waals surface area contributed by atoms with Crippen LogP contribution in [0, 0.1) is 11.3 Å². The highest BCUT2D eigenvalue weighted by Gasteiger charge is 2.25. The Kier molecular flexibility index (Phi) is 4.80. The van der Waals surface area contributed by atoms with Crippen molar-refractivity contribution in [3.8, 4) is 6.07 Å². The number of nitrogens with zero attached hydrogens (tertiary/aromatic N) is 1. The quantitative estimate of drug-likeness (QED) is 0.383. The molecule has 0 aliphatic heterocycles. The van der Waals surface area contributed by atoms with Crippen molar-refractivity contribution < 1.29 is 0 Å². The number of halogens is 2. The normalized spacial score (nSPS) is 10.5. The predicted octanol–water partition coefficient (Wildman–Crippen LogP) is 3.01. The second-order valence-electron chi connectivity index (χ2n) is 2.01. The smallest absolute Gasteiger partial charge is 0.198 e. The van der Waals surface area contributed by atoms with Gasteiger partial charge in [0.1, 0.15) is 0 Å². The molecule has 0 spiro atoms. The van der Waals surface area contributed by atoms with Crippen molar-refractivity contribution in [1.29, 1.82) is 5.26 Å². The van der Waals surface area contributed by atoms with Gasteiger partial charge < -0.3 is 0 Å². The van der Waals surface area contributed by atoms with Gasteiger partial charge >= 0.3 is 0 Å². The zero-order valence-electron chi connectivity index (χ0n) is 5.61. The summed E-state index contributed by atoms with van der Waals surface area (Å²) in [5.41, 5.74) is 0. The summed E-state index contributed by atoms with van der Waals surface area (Å²) >= 11 is 11.8. The molecule has 0 unspecified atom stereocenters. The summed E-state index contributed by atoms with van der Waals surface area (Å²) in [6.45, 7) is 1.42. The Labute approximate surface area is 71.7 Å². The van der Waals surface area contributed by atoms with Crippen LogP contribution in [0.3, 0.4) is 0 Å². The van der Waals surface area contributed by atoms with Crippen LogP contribution in [-0.4, -0.2) is 6.69 Å². The Hall–Kier alpha value is 0.0269. The van der Waals surface area contributed by atoms with E-state index in [1.165, 1.54) is 0 Å². The van der Waals surface area contributed by atoms with Crippen LogP contribution in [0.4, 0.5) is 0 Å². The van der Waals surface area contributed by atoms with E-state index in [1.807, 2.05) is 6.07 Å². The molecule has 0 aliphatic rings. The van der Waals surface area contributed by atoms with Crippen molar-refractivity contribution in [3.63, 3.8) is 0 Å². The molecule has 0 heterocycles. The Morgan fingerprint density at radius 3 is 2.60 bits per heavy atom. The third-order valence-electron chi connectivity index (χ3n) is 1.05. The van der Waals surface area contributed by atoms with Crippen molar-refractivity contribution >= 4 is 28.9 Å². The fraction of sp³-hybridized carbons (Fsp3) is 0.500. The largest absolute Gasteiger partial charge is 0.255 e. The van der Waals surface area contributed by atoms with Gasteiger partial charge in [-0.05, 0) is 12.1 Å². The lowest BCUT2D eigenvalue weighted by atomic mass is 10.6. The zero-order chi connectivity index (χ0) is 8.04. The van der Waals surface area contributed by atoms with Crippen molar-refractivity contribution in [3.05, 3.63) is 12.7 Å². The number of hydrogen-bond acceptors (Lipinski definition) is 1. The molecule has 0 radical (unpaired) electrons. The third-order valence-corrected chi connectivity index (χ3v) is 4.97. The first-order valence-corrected chi connectivity index (χ1v) is 7.42. The molecule has 0 rings (SSSR count). The van der Waals surface area contributed by atoms with Gasteiger partial charge in [0.2, 0.25) is 0 Å². The van der Waals surface area contributed by atoms with E-state index in [4.69, 9.17) is 27.4 Å². The standard InChI is InChI=1S/C6H9Cl2NSi/c1-2-5-10(7,8)6-3-4-9/h2H,1,3,5-6H2. The number of rotatable bonds is 4. The number of nitriles is 1. The van der Waals surface area contributed by atoms with E-state index in [-0.39, 0.29) is 0 Å². The highest BCUT2D eigenvalue weighted by molar-refractivity contribution is 7.45. The van der Waals surface area contributed by atoms with Crippen LogP contribution in [0.1, 0.15) is 6.42 Å². The molecule has 0 aliphatic carbocycles. The molecule has 0 fully saturated rings. The summed E-state index contributed by atoms with van der Waals surface area (Å²) in [7, 11) is 0. The molecule has 0 aromatic carbocycles. The van der Waals surface area contributed by atoms with Crippen LogP contribution < -0.4 is 0 Å². The SMILES string of the molecule is C=CC[Si](Cl)(Cl)CCC#N. The minimum Gasteiger partial charge on any atom is -0.198 e. The summed E-state index contributed by atoms with van der Waals surface area (Å²) in [4.78, 5) is 0. The summed E-state index contributed by atoms with van der Waals surface area (Å²) in [5, 5.41) is 8.23. The van der Waals surface area contributed by atoms with Crippen molar-refractivity contribution in [2.24, 2.45) is 0 Å². The number of hydrogen-bond donors (Lipinski definition) is 0. The first kappa shape index (κ1) is 10.0. The lowest BCUT2D eigenvalue weighted by Gasteiger charge is -2.10. The molecule has 1 nitrogen and oxygen atoms in total. The molecule has 10 heavy (non-hydrogen) atoms. The van der Waals surface area contributed by atoms with Gasteiger partial charge in [0.05, 0.1) is 6.07 Å². The predicted molar refractivity (Wildman–Crippen MR) is 47.5 cm³/mol. The van der Waals surface area contributed by atoms with Crippen LogP contribution in [0.25, 0.3) is 0 Å². The fourth-order valence-electron chi connectivity index (χ4n) is 0.552. The topological polar surface area (TPSA) is 23.8 Å². The van der Waals surface area contributed by atoms with Crippen LogP contribution in [-0.2, 0) is 0 Å². The van der Waals surface area contributed by atoms with E-state index < -0.39 is 6.69 Å². The average molecular weight is 194 g/mol. The molecule has 0 bridgehead atoms. The van der Waals surface area contributed by atoms with E-state index in [0.717, 1.165) is 0 Å². The Balaban J connectivity index is 3.64. The minimum atomic E-state index is -2.12. The molecule has 0 atom stereocenters. The van der Waals surface area contributed by atoms with Gasteiger partial charge in [0.25, 0.3) is 6.69 Å². The molecular formula is C6H9Cl2NSi. The summed E-state index contributed by atoms with van der Waals surface area (Å²) < 4.78 is 0. The Bertz CT molecular complexity index is 150. The maximum atomic E-state index is 8.23. The monoisotopic (exact) mass is 193 g/mol. The van der Waals surface area contributed by atoms with E-state index in [1.54, 1.807) is 6.08 Å². The van der Waals surface area contributed by atoms with Crippen molar-refractivity contribution in [2.75, 3.05) is 0 Å². The highest BCUT2D eigenvalue weighted by Crippen LogP contribution is 2.26. The lowest BCUT2D eigenvalue weighted by molar-refractivity contribution is 1.19. The second kappa shape index (κ2) is 4.78. The zero-order valence-corrected chi connectivity index (χ0v) is 8.12. The minimum absolute atomic E-state index is 0.451. The first-order chi connectivity index (χ1) is 4.62. The summed E-state index contributed by atoms with van der Waals surface area (Å²) in [6, 6.07) is 3.32. The summed E-state index contributed by atoms with van der Waals surface area (Å²) in [5.74, 6) is 0. The molecular weight excluding hydrogens is 185 g/mol. The summed E-state index contributed by atoms with van der Waals surface area (Å²) in [6.07, 6.45) is 2.16. The van der Waals surface area contributed by atoms with Gasteiger partial charge in [0.15, 0.2) is 0 Å². The van der Waals surface area contributed by atoms with Crippen LogP contribution in [0.2, 0.25) is 12.1 Å². The van der Waals surface area contributed by atoms with Crippen LogP contribution in [0.5, 0.6) is 0 Å². The third kappa shape index (κ3) is 4.86. The first-order valence-electron chi connectivity index (χ1n) is 2.98. The molecule has 0 aromatic rings. The molecule has 0 amide bonds. The van der Waals surface area contributed by atoms with Gasteiger partial charge in [-0.25, -0.2) is 0 Å². The van der Waals surface area contributed by atoms with E-state index >= 15 is 0 Å². The molecule has 0 saturated carbocycles. The van der Waals surface area contributed by atoms with Gasteiger partial charge in [0, 0.05) is 6.42 Å². The Morgan fingerprint density at radius 1 is 1.60 bits per heavy atom. The maximum absolute atomic E-state index is 8.23. The van der Waals surface area contributed by atoms with Crippen molar-refractivity contribution in [2.45, 2.75) is 18.5 Å². The maximum Gasteiger partial charge on any atom is 0.255 e. The van der Waals surface area contributed by atoms with Gasteiger partial charge in [-0.3, -0.25) is 0 Å². The van der Waals surface area contributed by atoms with Gasteiger partial charge in [-0.1, -0.05) is 6.08 Å². The molecule has 0 N–H and O–H groups in total. The number of allylic oxidation sites excluding steroid dienone is 1. The van der Waals surface area contributed by atoms with Crippen LogP contribution >= 0.6 is 22.2 Å². The molecule has 4 heteroatoms. The van der Waals surface area contributed by atoms with Gasteiger partial charge in [-0.2, -0.15) is 5.26 Å². The molecule has 0 aromatic heterocycles. The molecule has 0 saturated heterocycles. The van der Waals surface area contributed by atoms with E-state index in [0.29, 0.717) is 18.5 Å². The van der Waals surface area contributed by atoms with E-state index in [2.05, 4.69) is 6.58 Å². The van der Waals surface area contributed by atoms with Crippen molar-refractivity contribution in [1.82, 2.24) is 0 Å². The lowest BCUT2D eigenvalue weighted by Crippen LogP contribution is -2.16. The van der Waals surface area contributed by atoms with E-state index in [9.17, 15) is 0 Å². The average Bonchev–Trinajstić information content (AvgIpc) is 1.84. The van der Waals surface area contributed by atoms with Crippen LogP contribution in [0.15, 0.2) is 12.7 Å². The fourth-order valence-corrected chi connectivity index (χ4v) is 2.88. The molecule has 56 valence electrons.